The first-order chi connectivity index (χ1) is 4.33. The van der Waals surface area contributed by atoms with E-state index in [9.17, 15) is 4.39 Å². The van der Waals surface area contributed by atoms with Crippen molar-refractivity contribution in [3.8, 4) is 0 Å². The summed E-state index contributed by atoms with van der Waals surface area (Å²) < 4.78 is 12.2. The Bertz CT molecular complexity index is 181. The summed E-state index contributed by atoms with van der Waals surface area (Å²) in [4.78, 5) is 3.82. The second-order valence-corrected chi connectivity index (χ2v) is 1.82. The zero-order valence-electron chi connectivity index (χ0n) is 5.26. The molecule has 1 heterocycles. The third-order valence-electron chi connectivity index (χ3n) is 1.15. The van der Waals surface area contributed by atoms with Gasteiger partial charge >= 0.3 is 0 Å². The maximum Gasteiger partial charge on any atom is 0.141 e. The largest absolute Gasteiger partial charge is 0.258 e. The van der Waals surface area contributed by atoms with Gasteiger partial charge < -0.3 is 0 Å². The Morgan fingerprint density at radius 3 is 2.78 bits per heavy atom. The second kappa shape index (κ2) is 2.58. The van der Waals surface area contributed by atoms with Crippen LogP contribution >= 0.6 is 0 Å². The zero-order chi connectivity index (χ0) is 6.69. The Labute approximate surface area is 53.5 Å². The summed E-state index contributed by atoms with van der Waals surface area (Å²) in [6, 6.07) is 3.11. The van der Waals surface area contributed by atoms with Gasteiger partial charge in [0.05, 0.1) is 6.20 Å². The molecule has 0 saturated carbocycles. The van der Waals surface area contributed by atoms with E-state index in [2.05, 4.69) is 4.98 Å². The van der Waals surface area contributed by atoms with Crippen molar-refractivity contribution in [3.63, 3.8) is 0 Å². The van der Waals surface area contributed by atoms with Gasteiger partial charge in [0, 0.05) is 5.69 Å². The highest BCUT2D eigenvalue weighted by molar-refractivity contribution is 5.04. The van der Waals surface area contributed by atoms with Gasteiger partial charge in [-0.25, -0.2) is 4.39 Å². The van der Waals surface area contributed by atoms with Crippen LogP contribution in [0.3, 0.4) is 0 Å². The fraction of sp³-hybridized carbons (Fsp3) is 0.286. The molecule has 0 aliphatic rings. The number of aromatic nitrogens is 1. The first-order valence-corrected chi connectivity index (χ1v) is 2.93. The third kappa shape index (κ3) is 1.49. The first kappa shape index (κ1) is 6.20. The number of nitrogens with zero attached hydrogens (tertiary/aromatic N) is 1. The highest BCUT2D eigenvalue weighted by Gasteiger charge is 1.89. The smallest absolute Gasteiger partial charge is 0.141 e. The molecular formula is C7H8FN. The van der Waals surface area contributed by atoms with Gasteiger partial charge in [0.15, 0.2) is 0 Å². The standard InChI is InChI=1S/C7H8FN/c1-2-7-4-3-6(8)5-9-7/h3-5H,2H2,1H3. The third-order valence-corrected chi connectivity index (χ3v) is 1.15. The fourth-order valence-corrected chi connectivity index (χ4v) is 0.616. The number of pyridine rings is 1. The van der Waals surface area contributed by atoms with Crippen molar-refractivity contribution in [2.45, 2.75) is 13.3 Å². The lowest BCUT2D eigenvalue weighted by Crippen LogP contribution is -1.85. The molecule has 0 saturated heterocycles. The van der Waals surface area contributed by atoms with E-state index in [-0.39, 0.29) is 5.82 Å². The van der Waals surface area contributed by atoms with Gasteiger partial charge in [-0.3, -0.25) is 4.98 Å². The minimum absolute atomic E-state index is 0.271. The fourth-order valence-electron chi connectivity index (χ4n) is 0.616. The van der Waals surface area contributed by atoms with Crippen molar-refractivity contribution in [2.24, 2.45) is 0 Å². The van der Waals surface area contributed by atoms with Crippen molar-refractivity contribution >= 4 is 0 Å². The van der Waals surface area contributed by atoms with Crippen LogP contribution in [0.2, 0.25) is 0 Å². The summed E-state index contributed by atoms with van der Waals surface area (Å²) >= 11 is 0. The SMILES string of the molecule is CCc1ccc(F)cn1. The molecule has 0 bridgehead atoms. The van der Waals surface area contributed by atoms with E-state index in [1.165, 1.54) is 12.3 Å². The van der Waals surface area contributed by atoms with E-state index in [1.807, 2.05) is 6.92 Å². The maximum absolute atomic E-state index is 12.2. The van der Waals surface area contributed by atoms with E-state index < -0.39 is 0 Å². The number of halogens is 1. The number of hydrogen-bond donors (Lipinski definition) is 0. The molecule has 2 heteroatoms. The quantitative estimate of drug-likeness (QED) is 0.557. The van der Waals surface area contributed by atoms with Gasteiger partial charge in [-0.05, 0) is 18.6 Å². The van der Waals surface area contributed by atoms with Crippen LogP contribution in [0.4, 0.5) is 4.39 Å². The van der Waals surface area contributed by atoms with Crippen molar-refractivity contribution in [1.82, 2.24) is 4.98 Å². The molecule has 0 aromatic carbocycles. The van der Waals surface area contributed by atoms with Gasteiger partial charge in [-0.1, -0.05) is 6.92 Å². The minimum atomic E-state index is -0.271. The highest BCUT2D eigenvalue weighted by Crippen LogP contribution is 1.97. The zero-order valence-corrected chi connectivity index (χ0v) is 5.26. The molecule has 9 heavy (non-hydrogen) atoms. The van der Waals surface area contributed by atoms with Crippen LogP contribution in [0.1, 0.15) is 12.6 Å². The summed E-state index contributed by atoms with van der Waals surface area (Å²) in [5.74, 6) is -0.271. The monoisotopic (exact) mass is 125 g/mol. The van der Waals surface area contributed by atoms with Crippen LogP contribution in [-0.4, -0.2) is 4.98 Å². The molecule has 0 aliphatic heterocycles. The second-order valence-electron chi connectivity index (χ2n) is 1.82. The minimum Gasteiger partial charge on any atom is -0.258 e. The van der Waals surface area contributed by atoms with Crippen LogP contribution < -0.4 is 0 Å². The molecule has 1 aromatic heterocycles. The summed E-state index contributed by atoms with van der Waals surface area (Å²) in [6.45, 7) is 1.99. The van der Waals surface area contributed by atoms with Crippen molar-refractivity contribution in [3.05, 3.63) is 29.8 Å². The van der Waals surface area contributed by atoms with Gasteiger partial charge in [-0.2, -0.15) is 0 Å². The van der Waals surface area contributed by atoms with Crippen molar-refractivity contribution < 1.29 is 4.39 Å². The van der Waals surface area contributed by atoms with Crippen molar-refractivity contribution in [2.75, 3.05) is 0 Å². The summed E-state index contributed by atoms with van der Waals surface area (Å²) in [5.41, 5.74) is 0.927. The lowest BCUT2D eigenvalue weighted by Gasteiger charge is -1.91. The van der Waals surface area contributed by atoms with Crippen LogP contribution in [-0.2, 0) is 6.42 Å². The van der Waals surface area contributed by atoms with Gasteiger partial charge in [-0.15, -0.1) is 0 Å². The molecule has 1 rings (SSSR count). The van der Waals surface area contributed by atoms with Crippen LogP contribution in [0, 0.1) is 5.82 Å². The molecule has 0 unspecified atom stereocenters. The lowest BCUT2D eigenvalue weighted by molar-refractivity contribution is 0.619. The average molecular weight is 125 g/mol. The van der Waals surface area contributed by atoms with E-state index in [1.54, 1.807) is 6.07 Å². The van der Waals surface area contributed by atoms with E-state index in [4.69, 9.17) is 0 Å². The summed E-state index contributed by atoms with van der Waals surface area (Å²) in [5, 5.41) is 0. The molecular weight excluding hydrogens is 117 g/mol. The highest BCUT2D eigenvalue weighted by atomic mass is 19.1. The molecule has 48 valence electrons. The average Bonchev–Trinajstić information content (AvgIpc) is 1.90. The van der Waals surface area contributed by atoms with Crippen LogP contribution in [0.25, 0.3) is 0 Å². The van der Waals surface area contributed by atoms with E-state index in [0.717, 1.165) is 12.1 Å². The molecule has 0 N–H and O–H groups in total. The normalized spacial score (nSPS) is 9.56. The topological polar surface area (TPSA) is 12.9 Å². The van der Waals surface area contributed by atoms with Crippen molar-refractivity contribution in [1.29, 1.82) is 0 Å². The molecule has 0 aliphatic carbocycles. The van der Waals surface area contributed by atoms with Crippen LogP contribution in [0.5, 0.6) is 0 Å². The van der Waals surface area contributed by atoms with Gasteiger partial charge in [0.1, 0.15) is 5.82 Å². The Morgan fingerprint density at radius 2 is 2.33 bits per heavy atom. The van der Waals surface area contributed by atoms with Gasteiger partial charge in [0.25, 0.3) is 0 Å². The summed E-state index contributed by atoms with van der Waals surface area (Å²) in [6.07, 6.45) is 2.10. The Balaban J connectivity index is 2.88. The predicted molar refractivity (Wildman–Crippen MR) is 33.6 cm³/mol. The Kier molecular flexibility index (Phi) is 1.78. The first-order valence-electron chi connectivity index (χ1n) is 2.93. The lowest BCUT2D eigenvalue weighted by atomic mass is 10.3. The molecule has 0 amide bonds. The predicted octanol–water partition coefficient (Wildman–Crippen LogP) is 1.78. The Hall–Kier alpha value is -0.920. The molecule has 0 atom stereocenters. The summed E-state index contributed by atoms with van der Waals surface area (Å²) in [7, 11) is 0. The molecule has 0 spiro atoms. The number of hydrogen-bond acceptors (Lipinski definition) is 1. The van der Waals surface area contributed by atoms with Crippen LogP contribution in [0.15, 0.2) is 18.3 Å². The maximum atomic E-state index is 12.2. The molecule has 0 fully saturated rings. The molecule has 1 aromatic rings. The number of aryl methyl sites for hydroxylation is 1. The van der Waals surface area contributed by atoms with E-state index in [0.29, 0.717) is 0 Å². The number of rotatable bonds is 1. The molecule has 1 nitrogen and oxygen atoms in total. The van der Waals surface area contributed by atoms with E-state index >= 15 is 0 Å². The molecule has 0 radical (unpaired) electrons. The Morgan fingerprint density at radius 1 is 1.56 bits per heavy atom. The van der Waals surface area contributed by atoms with Gasteiger partial charge in [0.2, 0.25) is 0 Å².